The fourth-order valence-electron chi connectivity index (χ4n) is 3.77. The molecule has 0 radical (unpaired) electrons. The molecular formula is C22H20F3N9O. The van der Waals surface area contributed by atoms with Crippen LogP contribution in [0, 0.1) is 11.3 Å². The summed E-state index contributed by atoms with van der Waals surface area (Å²) < 4.78 is 40.1. The van der Waals surface area contributed by atoms with Crippen molar-refractivity contribution in [3.63, 3.8) is 0 Å². The molecule has 0 spiro atoms. The first-order chi connectivity index (χ1) is 16.7. The number of aromatic nitrogens is 7. The number of rotatable bonds is 6. The number of nitrogens with one attached hydrogen (secondary N) is 1. The molecule has 0 aliphatic rings. The average molecular weight is 483 g/mol. The molecule has 0 aliphatic heterocycles. The fraction of sp³-hybridized carbons (Fsp3) is 0.318. The Bertz CT molecular complexity index is 1440. The number of nitriles is 1. The molecule has 0 amide bonds. The second-order valence-corrected chi connectivity index (χ2v) is 7.79. The predicted molar refractivity (Wildman–Crippen MR) is 119 cm³/mol. The van der Waals surface area contributed by atoms with Crippen LogP contribution in [0.2, 0.25) is 0 Å². The van der Waals surface area contributed by atoms with Crippen molar-refractivity contribution in [1.29, 1.82) is 5.26 Å². The van der Waals surface area contributed by atoms with Gasteiger partial charge in [-0.1, -0.05) is 13.0 Å². The van der Waals surface area contributed by atoms with E-state index >= 15 is 0 Å². The van der Waals surface area contributed by atoms with Gasteiger partial charge < -0.3 is 4.90 Å². The van der Waals surface area contributed by atoms with Gasteiger partial charge in [-0.15, -0.1) is 0 Å². The number of hydrogen-bond acceptors (Lipinski definition) is 8. The van der Waals surface area contributed by atoms with Crippen LogP contribution in [0.25, 0.3) is 11.0 Å². The first-order valence-electron chi connectivity index (χ1n) is 10.6. The lowest BCUT2D eigenvalue weighted by molar-refractivity contribution is -0.141. The molecule has 0 fully saturated rings. The van der Waals surface area contributed by atoms with Crippen LogP contribution in [0.1, 0.15) is 55.1 Å². The van der Waals surface area contributed by atoms with Gasteiger partial charge in [-0.3, -0.25) is 14.8 Å². The molecule has 4 heterocycles. The third kappa shape index (κ3) is 4.42. The highest BCUT2D eigenvalue weighted by Crippen LogP contribution is 2.30. The molecule has 13 heteroatoms. The van der Waals surface area contributed by atoms with Crippen LogP contribution >= 0.6 is 0 Å². The molecule has 0 aromatic carbocycles. The van der Waals surface area contributed by atoms with E-state index in [0.29, 0.717) is 17.8 Å². The van der Waals surface area contributed by atoms with Crippen molar-refractivity contribution in [3.8, 4) is 6.07 Å². The van der Waals surface area contributed by atoms with E-state index in [1.165, 1.54) is 10.7 Å². The fourth-order valence-corrected chi connectivity index (χ4v) is 3.77. The van der Waals surface area contributed by atoms with E-state index < -0.39 is 23.5 Å². The molecule has 0 bridgehead atoms. The maximum absolute atomic E-state index is 13.0. The predicted octanol–water partition coefficient (Wildman–Crippen LogP) is 3.39. The van der Waals surface area contributed by atoms with Gasteiger partial charge in [0.1, 0.15) is 17.1 Å². The number of aromatic amines is 1. The van der Waals surface area contributed by atoms with Crippen molar-refractivity contribution in [2.75, 3.05) is 11.9 Å². The third-order valence-corrected chi connectivity index (χ3v) is 5.65. The van der Waals surface area contributed by atoms with Crippen LogP contribution in [0.15, 0.2) is 41.6 Å². The minimum absolute atomic E-state index is 0.0135. The molecular weight excluding hydrogens is 463 g/mol. The Hall–Kier alpha value is -4.34. The molecule has 0 saturated carbocycles. The molecule has 0 saturated heterocycles. The summed E-state index contributed by atoms with van der Waals surface area (Å²) in [6.45, 7) is 3.60. The number of pyridine rings is 1. The number of hydrogen-bond donors (Lipinski definition) is 1. The van der Waals surface area contributed by atoms with Crippen LogP contribution in [-0.2, 0) is 6.18 Å². The minimum Gasteiger partial charge on any atom is -0.335 e. The summed E-state index contributed by atoms with van der Waals surface area (Å²) in [4.78, 5) is 34.0. The van der Waals surface area contributed by atoms with Gasteiger partial charge in [0.25, 0.3) is 5.56 Å². The number of anilines is 1. The van der Waals surface area contributed by atoms with Crippen LogP contribution in [0.4, 0.5) is 19.1 Å². The normalized spacial score (nSPS) is 13.4. The highest BCUT2D eigenvalue weighted by molar-refractivity contribution is 5.81. The number of alkyl halides is 3. The Labute approximate surface area is 197 Å². The standard InChI is InChI=1S/C22H20F3N9O/c1-4-15(18-27-8-5-9-28-18)33(3)21-30-19-17(20(35)31-21)14(10-26)32-34(19)12(2)13-6-7-16(29-11-13)22(23,24)25/h5-9,11-12,15H,4H2,1-3H3,(H,30,31,35). The zero-order valence-electron chi connectivity index (χ0n) is 18.9. The van der Waals surface area contributed by atoms with Crippen LogP contribution in [0.5, 0.6) is 0 Å². The summed E-state index contributed by atoms with van der Waals surface area (Å²) in [5, 5.41) is 13.7. The maximum Gasteiger partial charge on any atom is 0.433 e. The zero-order valence-corrected chi connectivity index (χ0v) is 18.9. The van der Waals surface area contributed by atoms with Crippen molar-refractivity contribution in [3.05, 3.63) is 69.9 Å². The van der Waals surface area contributed by atoms with E-state index in [-0.39, 0.29) is 28.7 Å². The van der Waals surface area contributed by atoms with E-state index in [4.69, 9.17) is 0 Å². The Morgan fingerprint density at radius 1 is 1.23 bits per heavy atom. The van der Waals surface area contributed by atoms with E-state index in [1.54, 1.807) is 37.3 Å². The number of fused-ring (bicyclic) bond motifs is 1. The Balaban J connectivity index is 1.81. The smallest absolute Gasteiger partial charge is 0.335 e. The summed E-state index contributed by atoms with van der Waals surface area (Å²) in [7, 11) is 1.73. The summed E-state index contributed by atoms with van der Waals surface area (Å²) in [5.41, 5.74) is -1.23. The highest BCUT2D eigenvalue weighted by Gasteiger charge is 2.32. The second kappa shape index (κ2) is 9.13. The average Bonchev–Trinajstić information content (AvgIpc) is 3.23. The largest absolute Gasteiger partial charge is 0.433 e. The molecule has 1 N–H and O–H groups in total. The van der Waals surface area contributed by atoms with Gasteiger partial charge in [0, 0.05) is 25.6 Å². The van der Waals surface area contributed by atoms with Crippen molar-refractivity contribution in [2.24, 2.45) is 0 Å². The number of H-pyrrole nitrogens is 1. The Morgan fingerprint density at radius 3 is 2.51 bits per heavy atom. The van der Waals surface area contributed by atoms with Crippen molar-refractivity contribution in [1.82, 2.24) is 34.7 Å². The van der Waals surface area contributed by atoms with Crippen molar-refractivity contribution in [2.45, 2.75) is 38.5 Å². The summed E-state index contributed by atoms with van der Waals surface area (Å²) in [5.74, 6) is 0.737. The lowest BCUT2D eigenvalue weighted by Crippen LogP contribution is -2.29. The van der Waals surface area contributed by atoms with Gasteiger partial charge in [-0.05, 0) is 31.0 Å². The van der Waals surface area contributed by atoms with Gasteiger partial charge in [-0.25, -0.2) is 14.6 Å². The van der Waals surface area contributed by atoms with Crippen LogP contribution in [0.3, 0.4) is 0 Å². The van der Waals surface area contributed by atoms with Crippen molar-refractivity contribution < 1.29 is 13.2 Å². The molecule has 4 rings (SSSR count). The van der Waals surface area contributed by atoms with Gasteiger partial charge in [0.05, 0.1) is 12.1 Å². The van der Waals surface area contributed by atoms with E-state index in [2.05, 4.69) is 30.0 Å². The summed E-state index contributed by atoms with van der Waals surface area (Å²) in [6.07, 6.45) is 0.366. The summed E-state index contributed by atoms with van der Waals surface area (Å²) in [6, 6.07) is 4.76. The number of halogens is 3. The molecule has 10 nitrogen and oxygen atoms in total. The topological polar surface area (TPSA) is 129 Å². The van der Waals surface area contributed by atoms with E-state index in [9.17, 15) is 23.2 Å². The van der Waals surface area contributed by atoms with E-state index in [1.807, 2.05) is 13.0 Å². The van der Waals surface area contributed by atoms with Crippen LogP contribution in [-0.4, -0.2) is 41.7 Å². The molecule has 0 aliphatic carbocycles. The van der Waals surface area contributed by atoms with Crippen molar-refractivity contribution >= 4 is 17.0 Å². The summed E-state index contributed by atoms with van der Waals surface area (Å²) >= 11 is 0. The highest BCUT2D eigenvalue weighted by atomic mass is 19.4. The Kier molecular flexibility index (Phi) is 6.21. The molecule has 35 heavy (non-hydrogen) atoms. The monoisotopic (exact) mass is 483 g/mol. The quantitative estimate of drug-likeness (QED) is 0.442. The second-order valence-electron chi connectivity index (χ2n) is 7.79. The molecule has 4 aromatic heterocycles. The molecule has 4 aromatic rings. The third-order valence-electron chi connectivity index (χ3n) is 5.65. The van der Waals surface area contributed by atoms with Gasteiger partial charge in [-0.2, -0.15) is 28.5 Å². The lowest BCUT2D eigenvalue weighted by atomic mass is 10.1. The lowest BCUT2D eigenvalue weighted by Gasteiger charge is -2.26. The minimum atomic E-state index is -4.57. The SMILES string of the molecule is CCC(c1ncccn1)N(C)c1nc2c(c(C#N)nn2C(C)c2ccc(C(F)(F)F)nc2)c(=O)[nH]1. The molecule has 180 valence electrons. The molecule has 2 unspecified atom stereocenters. The van der Waals surface area contributed by atoms with E-state index in [0.717, 1.165) is 12.3 Å². The van der Waals surface area contributed by atoms with Gasteiger partial charge in [0.15, 0.2) is 17.2 Å². The van der Waals surface area contributed by atoms with Gasteiger partial charge in [0.2, 0.25) is 5.95 Å². The van der Waals surface area contributed by atoms with Gasteiger partial charge >= 0.3 is 6.18 Å². The zero-order chi connectivity index (χ0) is 25.3. The Morgan fingerprint density at radius 2 is 1.94 bits per heavy atom. The number of nitrogens with zero attached hydrogens (tertiary/aromatic N) is 8. The first kappa shape index (κ1) is 23.8. The van der Waals surface area contributed by atoms with Crippen LogP contribution < -0.4 is 10.5 Å². The molecule has 2 atom stereocenters. The first-order valence-corrected chi connectivity index (χ1v) is 10.6. The maximum atomic E-state index is 13.0.